The lowest BCUT2D eigenvalue weighted by atomic mass is 9.92. The van der Waals surface area contributed by atoms with Crippen LogP contribution in [0, 0.1) is 5.41 Å². The zero-order valence-corrected chi connectivity index (χ0v) is 9.45. The van der Waals surface area contributed by atoms with E-state index in [2.05, 4.69) is 18.6 Å². The Morgan fingerprint density at radius 3 is 1.39 bits per heavy atom. The van der Waals surface area contributed by atoms with Crippen molar-refractivity contribution in [2.45, 2.75) is 38.2 Å². The van der Waals surface area contributed by atoms with E-state index >= 15 is 0 Å². The quantitative estimate of drug-likeness (QED) is 0.636. The first-order valence-electron chi connectivity index (χ1n) is 4.87. The minimum atomic E-state index is -5.49. The van der Waals surface area contributed by atoms with Crippen LogP contribution in [0.25, 0.3) is 0 Å². The first kappa shape index (κ1) is 15.5. The van der Waals surface area contributed by atoms with Crippen LogP contribution in [-0.2, 0) is 9.47 Å². The van der Waals surface area contributed by atoms with Gasteiger partial charge < -0.3 is 4.74 Å². The second kappa shape index (κ2) is 4.22. The molecule has 2 heterocycles. The van der Waals surface area contributed by atoms with E-state index < -0.39 is 24.3 Å². The van der Waals surface area contributed by atoms with Crippen molar-refractivity contribution in [2.24, 2.45) is 5.41 Å². The van der Waals surface area contributed by atoms with Crippen molar-refractivity contribution in [2.75, 3.05) is 13.2 Å². The predicted molar refractivity (Wildman–Crippen MR) is 45.4 cm³/mol. The van der Waals surface area contributed by atoms with E-state index in [1.165, 1.54) is 0 Å². The van der Waals surface area contributed by atoms with E-state index in [1.54, 1.807) is 0 Å². The Morgan fingerprint density at radius 2 is 1.33 bits per heavy atom. The Morgan fingerprint density at radius 1 is 0.944 bits per heavy atom. The van der Waals surface area contributed by atoms with Gasteiger partial charge in [-0.15, -0.1) is 0 Å². The number of halogens is 7. The van der Waals surface area contributed by atoms with Gasteiger partial charge in [0, 0.05) is 5.41 Å². The molecule has 0 radical (unpaired) electrons. The molecule has 0 aromatic rings. The Hall–Kier alpha value is -0.570. The summed E-state index contributed by atoms with van der Waals surface area (Å²) in [5.41, 5.74) is 0.500. The van der Waals surface area contributed by atoms with Gasteiger partial charge in [0.25, 0.3) is 6.17 Å². The van der Waals surface area contributed by atoms with Gasteiger partial charge in [0.2, 0.25) is 0 Å². The molecule has 9 heteroatoms. The van der Waals surface area contributed by atoms with Crippen molar-refractivity contribution in [3.05, 3.63) is 0 Å². The van der Waals surface area contributed by atoms with Crippen LogP contribution >= 0.6 is 0 Å². The molecule has 2 saturated heterocycles. The van der Waals surface area contributed by atoms with Gasteiger partial charge in [-0.3, -0.25) is 0 Å². The highest BCUT2D eigenvalue weighted by Crippen LogP contribution is 2.53. The van der Waals surface area contributed by atoms with Gasteiger partial charge in [-0.1, -0.05) is 13.8 Å². The number of hydrogen-bond donors (Lipinski definition) is 0. The lowest BCUT2D eigenvalue weighted by Crippen LogP contribution is -2.42. The Balaban J connectivity index is 0.000000225. The highest BCUT2D eigenvalue weighted by molar-refractivity contribution is 4.97. The van der Waals surface area contributed by atoms with Crippen LogP contribution in [0.5, 0.6) is 0 Å². The SMILES string of the molecule is CC1(C)COC1.FC1C(F)(F)OC(F)(F)C1(F)F. The van der Waals surface area contributed by atoms with E-state index in [-0.39, 0.29) is 0 Å². The lowest BCUT2D eigenvalue weighted by Gasteiger charge is -2.33. The topological polar surface area (TPSA) is 18.5 Å². The van der Waals surface area contributed by atoms with Gasteiger partial charge in [-0.2, -0.15) is 26.3 Å². The normalized spacial score (nSPS) is 34.2. The van der Waals surface area contributed by atoms with Crippen LogP contribution in [-0.4, -0.2) is 37.5 Å². The van der Waals surface area contributed by atoms with Crippen LogP contribution < -0.4 is 0 Å². The van der Waals surface area contributed by atoms with Crippen LogP contribution in [0.15, 0.2) is 0 Å². The van der Waals surface area contributed by atoms with E-state index in [1.807, 2.05) is 0 Å². The standard InChI is InChI=1S/C5H10O.C4HF7O/c1-5(2)3-6-4-5;5-1-2(6,7)4(10,11)12-3(1,8)9/h3-4H2,1-2H3;1H. The molecule has 2 fully saturated rings. The molecule has 2 rings (SSSR count). The average molecular weight is 284 g/mol. The van der Waals surface area contributed by atoms with Gasteiger partial charge in [0.1, 0.15) is 0 Å². The summed E-state index contributed by atoms with van der Waals surface area (Å²) in [5, 5.41) is 0. The van der Waals surface area contributed by atoms with E-state index in [0.29, 0.717) is 5.41 Å². The van der Waals surface area contributed by atoms with Gasteiger partial charge in [0.15, 0.2) is 0 Å². The van der Waals surface area contributed by atoms with Crippen molar-refractivity contribution in [1.29, 1.82) is 0 Å². The molecule has 18 heavy (non-hydrogen) atoms. The van der Waals surface area contributed by atoms with E-state index in [4.69, 9.17) is 4.74 Å². The third-order valence-corrected chi connectivity index (χ3v) is 2.25. The summed E-state index contributed by atoms with van der Waals surface area (Å²) >= 11 is 0. The number of rotatable bonds is 0. The fourth-order valence-corrected chi connectivity index (χ4v) is 1.16. The molecular weight excluding hydrogens is 273 g/mol. The van der Waals surface area contributed by atoms with Crippen LogP contribution in [0.4, 0.5) is 30.7 Å². The summed E-state index contributed by atoms with van der Waals surface area (Å²) in [7, 11) is 0. The first-order chi connectivity index (χ1) is 7.82. The zero-order chi connectivity index (χ0) is 14.4. The second-order valence-electron chi connectivity index (χ2n) is 4.82. The minimum Gasteiger partial charge on any atom is -0.380 e. The maximum Gasteiger partial charge on any atom is 0.427 e. The van der Waals surface area contributed by atoms with Crippen molar-refractivity contribution in [1.82, 2.24) is 0 Å². The minimum absolute atomic E-state index is 0.500. The summed E-state index contributed by atoms with van der Waals surface area (Å²) in [5.74, 6) is -5.49. The maximum absolute atomic E-state index is 11.9. The van der Waals surface area contributed by atoms with Crippen molar-refractivity contribution in [3.8, 4) is 0 Å². The Labute approximate surface area is 98.0 Å². The Bertz CT molecular complexity index is 310. The van der Waals surface area contributed by atoms with Crippen LogP contribution in [0.1, 0.15) is 13.8 Å². The summed E-state index contributed by atoms with van der Waals surface area (Å²) < 4.78 is 89.9. The van der Waals surface area contributed by atoms with E-state index in [0.717, 1.165) is 13.2 Å². The molecule has 0 saturated carbocycles. The zero-order valence-electron chi connectivity index (χ0n) is 9.45. The maximum atomic E-state index is 11.9. The van der Waals surface area contributed by atoms with Gasteiger partial charge in [-0.25, -0.2) is 9.13 Å². The van der Waals surface area contributed by atoms with Crippen molar-refractivity contribution in [3.63, 3.8) is 0 Å². The largest absolute Gasteiger partial charge is 0.427 e. The highest BCUT2D eigenvalue weighted by atomic mass is 19.3. The van der Waals surface area contributed by atoms with Crippen LogP contribution in [0.3, 0.4) is 0 Å². The van der Waals surface area contributed by atoms with E-state index in [9.17, 15) is 30.7 Å². The molecule has 1 atom stereocenters. The van der Waals surface area contributed by atoms with Gasteiger partial charge in [0.05, 0.1) is 13.2 Å². The summed E-state index contributed by atoms with van der Waals surface area (Å²) in [6.07, 6.45) is -14.9. The molecule has 0 amide bonds. The molecule has 2 aliphatic heterocycles. The number of hydrogen-bond acceptors (Lipinski definition) is 2. The molecule has 2 nitrogen and oxygen atoms in total. The molecule has 108 valence electrons. The Kier molecular flexibility index (Phi) is 3.63. The predicted octanol–water partition coefficient (Wildman–Crippen LogP) is 3.22. The number of ether oxygens (including phenoxy) is 2. The first-order valence-corrected chi connectivity index (χ1v) is 4.87. The van der Waals surface area contributed by atoms with Gasteiger partial charge >= 0.3 is 18.1 Å². The molecular formula is C9H11F7O2. The molecule has 2 aliphatic rings. The lowest BCUT2D eigenvalue weighted by molar-refractivity contribution is -0.361. The average Bonchev–Trinajstić information content (AvgIpc) is 2.22. The molecule has 0 N–H and O–H groups in total. The summed E-state index contributed by atoms with van der Waals surface area (Å²) in [6, 6.07) is 0. The molecule has 1 unspecified atom stereocenters. The van der Waals surface area contributed by atoms with Crippen LogP contribution in [0.2, 0.25) is 0 Å². The molecule has 0 bridgehead atoms. The van der Waals surface area contributed by atoms with Gasteiger partial charge in [-0.05, 0) is 0 Å². The summed E-state index contributed by atoms with van der Waals surface area (Å²) in [6.45, 7) is 6.31. The highest BCUT2D eigenvalue weighted by Gasteiger charge is 2.80. The molecule has 0 aromatic carbocycles. The number of alkyl halides is 7. The molecule has 0 spiro atoms. The second-order valence-corrected chi connectivity index (χ2v) is 4.82. The van der Waals surface area contributed by atoms with Crippen molar-refractivity contribution >= 4 is 0 Å². The summed E-state index contributed by atoms with van der Waals surface area (Å²) in [4.78, 5) is 0. The molecule has 0 aliphatic carbocycles. The van der Waals surface area contributed by atoms with Crippen molar-refractivity contribution < 1.29 is 40.2 Å². The fraction of sp³-hybridized carbons (Fsp3) is 1.00. The monoisotopic (exact) mass is 284 g/mol. The third-order valence-electron chi connectivity index (χ3n) is 2.25. The fourth-order valence-electron chi connectivity index (χ4n) is 1.16. The molecule has 0 aromatic heterocycles. The third kappa shape index (κ3) is 2.71. The smallest absolute Gasteiger partial charge is 0.380 e.